The van der Waals surface area contributed by atoms with Crippen molar-refractivity contribution in [1.82, 2.24) is 4.98 Å². The van der Waals surface area contributed by atoms with E-state index in [0.29, 0.717) is 6.07 Å². The zero-order valence-electron chi connectivity index (χ0n) is 7.07. The SMILES string of the molecule is Cc1nc([N+](=O)[O-])c(C(F)F)cc1O. The van der Waals surface area contributed by atoms with E-state index in [4.69, 9.17) is 5.11 Å². The second kappa shape index (κ2) is 3.52. The first kappa shape index (κ1) is 10.3. The van der Waals surface area contributed by atoms with Gasteiger partial charge in [-0.3, -0.25) is 0 Å². The summed E-state index contributed by atoms with van der Waals surface area (Å²) in [6, 6.07) is 0.658. The topological polar surface area (TPSA) is 76.3 Å². The summed E-state index contributed by atoms with van der Waals surface area (Å²) in [4.78, 5) is 12.6. The highest BCUT2D eigenvalue weighted by molar-refractivity contribution is 5.41. The van der Waals surface area contributed by atoms with Crippen molar-refractivity contribution in [3.8, 4) is 5.75 Å². The summed E-state index contributed by atoms with van der Waals surface area (Å²) in [5.41, 5.74) is -0.931. The van der Waals surface area contributed by atoms with E-state index in [0.717, 1.165) is 0 Å². The molecule has 1 heterocycles. The fourth-order valence-electron chi connectivity index (χ4n) is 0.904. The van der Waals surface area contributed by atoms with Gasteiger partial charge >= 0.3 is 5.82 Å². The fourth-order valence-corrected chi connectivity index (χ4v) is 0.904. The molecule has 7 heteroatoms. The van der Waals surface area contributed by atoms with E-state index in [1.165, 1.54) is 6.92 Å². The van der Waals surface area contributed by atoms with Crippen LogP contribution in [-0.4, -0.2) is 15.0 Å². The molecule has 0 atom stereocenters. The summed E-state index contributed by atoms with van der Waals surface area (Å²) in [5, 5.41) is 19.4. The van der Waals surface area contributed by atoms with Crippen LogP contribution in [-0.2, 0) is 0 Å². The first-order valence-electron chi connectivity index (χ1n) is 3.56. The maximum absolute atomic E-state index is 12.2. The van der Waals surface area contributed by atoms with Crippen LogP contribution >= 0.6 is 0 Å². The standard InChI is InChI=1S/C7H6F2N2O3/c1-3-5(12)2-4(6(8)9)7(10-3)11(13)14/h2,6,12H,1H3. The average Bonchev–Trinajstić information content (AvgIpc) is 2.08. The molecule has 0 aliphatic heterocycles. The van der Waals surface area contributed by atoms with Crippen molar-refractivity contribution in [3.05, 3.63) is 27.4 Å². The van der Waals surface area contributed by atoms with Crippen molar-refractivity contribution < 1.29 is 18.8 Å². The first-order chi connectivity index (χ1) is 6.43. The molecule has 0 aliphatic rings. The van der Waals surface area contributed by atoms with E-state index in [-0.39, 0.29) is 5.69 Å². The molecular formula is C7H6F2N2O3. The van der Waals surface area contributed by atoms with Crippen molar-refractivity contribution in [2.75, 3.05) is 0 Å². The summed E-state index contributed by atoms with van der Waals surface area (Å²) in [6.45, 7) is 1.29. The second-order valence-corrected chi connectivity index (χ2v) is 2.56. The van der Waals surface area contributed by atoms with Gasteiger partial charge < -0.3 is 15.2 Å². The number of nitro groups is 1. The molecule has 0 fully saturated rings. The van der Waals surface area contributed by atoms with Crippen molar-refractivity contribution >= 4 is 5.82 Å². The van der Waals surface area contributed by atoms with Crippen molar-refractivity contribution in [2.45, 2.75) is 13.3 Å². The lowest BCUT2D eigenvalue weighted by Crippen LogP contribution is -2.00. The van der Waals surface area contributed by atoms with E-state index in [1.807, 2.05) is 0 Å². The molecular weight excluding hydrogens is 198 g/mol. The number of aryl methyl sites for hydroxylation is 1. The van der Waals surface area contributed by atoms with Crippen molar-refractivity contribution in [2.24, 2.45) is 0 Å². The molecule has 1 aromatic rings. The number of aromatic hydroxyl groups is 1. The zero-order chi connectivity index (χ0) is 10.9. The summed E-state index contributed by atoms with van der Waals surface area (Å²) < 4.78 is 24.5. The van der Waals surface area contributed by atoms with Gasteiger partial charge in [0.2, 0.25) is 0 Å². The minimum atomic E-state index is -3.03. The van der Waals surface area contributed by atoms with Gasteiger partial charge in [-0.25, -0.2) is 8.78 Å². The number of hydrogen-bond acceptors (Lipinski definition) is 4. The summed E-state index contributed by atoms with van der Waals surface area (Å²) in [7, 11) is 0. The van der Waals surface area contributed by atoms with Gasteiger partial charge in [0.25, 0.3) is 6.43 Å². The van der Waals surface area contributed by atoms with Crippen LogP contribution in [0, 0.1) is 17.0 Å². The molecule has 0 saturated heterocycles. The molecule has 1 N–H and O–H groups in total. The summed E-state index contributed by atoms with van der Waals surface area (Å²) in [5.74, 6) is -1.40. The Bertz CT molecular complexity index is 381. The maximum atomic E-state index is 12.2. The molecule has 0 bridgehead atoms. The highest BCUT2D eigenvalue weighted by atomic mass is 19.3. The minimum Gasteiger partial charge on any atom is -0.504 e. The average molecular weight is 204 g/mol. The van der Waals surface area contributed by atoms with Gasteiger partial charge in [0.15, 0.2) is 11.4 Å². The number of hydrogen-bond donors (Lipinski definition) is 1. The number of rotatable bonds is 2. The lowest BCUT2D eigenvalue weighted by atomic mass is 10.2. The molecule has 0 radical (unpaired) electrons. The number of nitrogens with zero attached hydrogens (tertiary/aromatic N) is 2. The van der Waals surface area contributed by atoms with Crippen LogP contribution < -0.4 is 0 Å². The summed E-state index contributed by atoms with van der Waals surface area (Å²) in [6.07, 6.45) is -3.03. The Morgan fingerprint density at radius 1 is 1.64 bits per heavy atom. The van der Waals surface area contributed by atoms with Gasteiger partial charge in [-0.05, 0) is 9.91 Å². The largest absolute Gasteiger partial charge is 0.504 e. The zero-order valence-corrected chi connectivity index (χ0v) is 7.07. The molecule has 0 saturated carbocycles. The van der Waals surface area contributed by atoms with E-state index in [2.05, 4.69) is 4.98 Å². The minimum absolute atomic E-state index is 0.0545. The molecule has 5 nitrogen and oxygen atoms in total. The van der Waals surface area contributed by atoms with Gasteiger partial charge in [-0.15, -0.1) is 0 Å². The van der Waals surface area contributed by atoms with E-state index in [1.54, 1.807) is 0 Å². The molecule has 1 aromatic heterocycles. The van der Waals surface area contributed by atoms with Crippen LogP contribution in [0.5, 0.6) is 5.75 Å². The second-order valence-electron chi connectivity index (χ2n) is 2.56. The van der Waals surface area contributed by atoms with Crippen LogP contribution in [0.1, 0.15) is 17.7 Å². The van der Waals surface area contributed by atoms with Crippen molar-refractivity contribution in [3.63, 3.8) is 0 Å². The Hall–Kier alpha value is -1.79. The van der Waals surface area contributed by atoms with Gasteiger partial charge in [-0.2, -0.15) is 0 Å². The smallest absolute Gasteiger partial charge is 0.372 e. The Morgan fingerprint density at radius 2 is 2.21 bits per heavy atom. The highest BCUT2D eigenvalue weighted by Gasteiger charge is 2.25. The normalized spacial score (nSPS) is 10.6. The predicted molar refractivity (Wildman–Crippen MR) is 42.3 cm³/mol. The van der Waals surface area contributed by atoms with Crippen LogP contribution in [0.3, 0.4) is 0 Å². The molecule has 1 rings (SSSR count). The predicted octanol–water partition coefficient (Wildman–Crippen LogP) is 1.94. The number of alkyl halides is 2. The molecule has 0 aliphatic carbocycles. The van der Waals surface area contributed by atoms with Crippen LogP contribution in [0.4, 0.5) is 14.6 Å². The van der Waals surface area contributed by atoms with Gasteiger partial charge in [0, 0.05) is 13.0 Å². The van der Waals surface area contributed by atoms with Crippen LogP contribution in [0.2, 0.25) is 0 Å². The van der Waals surface area contributed by atoms with E-state index < -0.39 is 28.5 Å². The molecule has 0 unspecified atom stereocenters. The Balaban J connectivity index is 3.39. The molecule has 76 valence electrons. The van der Waals surface area contributed by atoms with Crippen LogP contribution in [0.25, 0.3) is 0 Å². The fraction of sp³-hybridized carbons (Fsp3) is 0.286. The quantitative estimate of drug-likeness (QED) is 0.589. The van der Waals surface area contributed by atoms with Gasteiger partial charge in [0.05, 0.1) is 0 Å². The first-order valence-corrected chi connectivity index (χ1v) is 3.56. The monoisotopic (exact) mass is 204 g/mol. The molecule has 0 aromatic carbocycles. The number of pyridine rings is 1. The van der Waals surface area contributed by atoms with Gasteiger partial charge in [-0.1, -0.05) is 0 Å². The highest BCUT2D eigenvalue weighted by Crippen LogP contribution is 2.31. The van der Waals surface area contributed by atoms with Gasteiger partial charge in [0.1, 0.15) is 5.56 Å². The Labute approximate surface area is 77.2 Å². The van der Waals surface area contributed by atoms with E-state index >= 15 is 0 Å². The number of aromatic nitrogens is 1. The maximum Gasteiger partial charge on any atom is 0.372 e. The summed E-state index contributed by atoms with van der Waals surface area (Å²) >= 11 is 0. The Kier molecular flexibility index (Phi) is 2.59. The third kappa shape index (κ3) is 1.76. The molecule has 0 spiro atoms. The third-order valence-corrected chi connectivity index (χ3v) is 1.60. The van der Waals surface area contributed by atoms with Crippen molar-refractivity contribution in [1.29, 1.82) is 0 Å². The molecule has 14 heavy (non-hydrogen) atoms. The lowest BCUT2D eigenvalue weighted by molar-refractivity contribution is -0.391. The molecule has 0 amide bonds. The number of halogens is 2. The van der Waals surface area contributed by atoms with E-state index in [9.17, 15) is 18.9 Å². The lowest BCUT2D eigenvalue weighted by Gasteiger charge is -2.02. The van der Waals surface area contributed by atoms with Crippen LogP contribution in [0.15, 0.2) is 6.07 Å². The Morgan fingerprint density at radius 3 is 2.64 bits per heavy atom. The third-order valence-electron chi connectivity index (χ3n) is 1.60.